The first-order valence-electron chi connectivity index (χ1n) is 12.7. The summed E-state index contributed by atoms with van der Waals surface area (Å²) in [6, 6.07) is 7.49. The molecule has 34 heavy (non-hydrogen) atoms. The van der Waals surface area contributed by atoms with Crippen LogP contribution in [0.1, 0.15) is 44.9 Å². The molecule has 3 aromatic rings. The highest BCUT2D eigenvalue weighted by Crippen LogP contribution is 2.34. The van der Waals surface area contributed by atoms with E-state index in [0.717, 1.165) is 48.1 Å². The summed E-state index contributed by atoms with van der Waals surface area (Å²) < 4.78 is 5.77. The van der Waals surface area contributed by atoms with Crippen LogP contribution in [0.2, 0.25) is 0 Å². The number of nitrogens with zero attached hydrogens (tertiary/aromatic N) is 5. The Labute approximate surface area is 200 Å². The number of aromatic nitrogens is 4. The third-order valence-corrected chi connectivity index (χ3v) is 7.61. The van der Waals surface area contributed by atoms with Gasteiger partial charge in [0.1, 0.15) is 11.3 Å². The van der Waals surface area contributed by atoms with Crippen molar-refractivity contribution in [2.75, 3.05) is 48.8 Å². The number of hydrogen-bond acceptors (Lipinski definition) is 8. The lowest BCUT2D eigenvalue weighted by molar-refractivity contribution is 0.231. The predicted molar refractivity (Wildman–Crippen MR) is 135 cm³/mol. The number of anilines is 4. The zero-order chi connectivity index (χ0) is 22.9. The molecule has 1 aromatic carbocycles. The number of methoxy groups -OCH3 is 1. The summed E-state index contributed by atoms with van der Waals surface area (Å²) >= 11 is 0. The maximum atomic E-state index is 5.77. The molecule has 9 heteroatoms. The molecule has 1 saturated carbocycles. The molecule has 2 saturated heterocycles. The number of rotatable bonds is 6. The number of piperazine rings is 1. The van der Waals surface area contributed by atoms with Gasteiger partial charge in [-0.25, -0.2) is 4.98 Å². The Bertz CT molecular complexity index is 1140. The number of imidazole rings is 1. The Hall–Kier alpha value is -3.07. The fourth-order valence-electron chi connectivity index (χ4n) is 5.76. The fourth-order valence-corrected chi connectivity index (χ4v) is 5.76. The fraction of sp³-hybridized carbons (Fsp3) is 0.560. The van der Waals surface area contributed by atoms with E-state index in [-0.39, 0.29) is 0 Å². The van der Waals surface area contributed by atoms with Crippen LogP contribution in [0.15, 0.2) is 24.5 Å². The first kappa shape index (κ1) is 21.5. The molecule has 6 rings (SSSR count). The second kappa shape index (κ2) is 9.29. The van der Waals surface area contributed by atoms with Crippen molar-refractivity contribution in [3.63, 3.8) is 0 Å². The van der Waals surface area contributed by atoms with Gasteiger partial charge in [-0.2, -0.15) is 9.97 Å². The lowest BCUT2D eigenvalue weighted by atomic mass is 9.95. The Kier molecular flexibility index (Phi) is 5.86. The average molecular weight is 463 g/mol. The van der Waals surface area contributed by atoms with Gasteiger partial charge in [0.2, 0.25) is 5.95 Å². The van der Waals surface area contributed by atoms with Crippen LogP contribution < -0.4 is 20.3 Å². The zero-order valence-electron chi connectivity index (χ0n) is 19.9. The third-order valence-electron chi connectivity index (χ3n) is 7.61. The van der Waals surface area contributed by atoms with Gasteiger partial charge in [0.15, 0.2) is 11.5 Å². The maximum absolute atomic E-state index is 5.77. The summed E-state index contributed by atoms with van der Waals surface area (Å²) in [5.74, 6) is 2.10. The Balaban J connectivity index is 1.23. The minimum Gasteiger partial charge on any atom is -0.494 e. The summed E-state index contributed by atoms with van der Waals surface area (Å²) in [7, 11) is 1.72. The van der Waals surface area contributed by atoms with Crippen LogP contribution >= 0.6 is 0 Å². The topological polar surface area (TPSA) is 94.2 Å². The monoisotopic (exact) mass is 462 g/mol. The van der Waals surface area contributed by atoms with E-state index in [2.05, 4.69) is 53.6 Å². The van der Waals surface area contributed by atoms with Crippen LogP contribution in [0, 0.1) is 0 Å². The number of aromatic amines is 1. The number of ether oxygens (including phenoxy) is 1. The lowest BCUT2D eigenvalue weighted by Gasteiger charge is -2.39. The van der Waals surface area contributed by atoms with E-state index in [0.29, 0.717) is 18.0 Å². The Morgan fingerprint density at radius 3 is 2.82 bits per heavy atom. The van der Waals surface area contributed by atoms with Gasteiger partial charge < -0.3 is 25.3 Å². The summed E-state index contributed by atoms with van der Waals surface area (Å²) in [6.07, 6.45) is 10.5. The molecule has 180 valence electrons. The first-order chi connectivity index (χ1) is 16.8. The van der Waals surface area contributed by atoms with Crippen molar-refractivity contribution in [2.45, 2.75) is 57.0 Å². The second-order valence-corrected chi connectivity index (χ2v) is 9.76. The molecule has 2 aromatic heterocycles. The molecule has 1 aliphatic carbocycles. The minimum atomic E-state index is 0.436. The van der Waals surface area contributed by atoms with Crippen LogP contribution in [-0.4, -0.2) is 70.2 Å². The zero-order valence-corrected chi connectivity index (χ0v) is 19.9. The Morgan fingerprint density at radius 1 is 1.03 bits per heavy atom. The van der Waals surface area contributed by atoms with Crippen LogP contribution in [0.5, 0.6) is 5.75 Å². The molecule has 9 nitrogen and oxygen atoms in total. The quantitative estimate of drug-likeness (QED) is 0.503. The molecule has 3 N–H and O–H groups in total. The van der Waals surface area contributed by atoms with Crippen molar-refractivity contribution >= 4 is 34.3 Å². The number of nitrogens with one attached hydrogen (secondary N) is 3. The van der Waals surface area contributed by atoms with Gasteiger partial charge in [-0.05, 0) is 44.4 Å². The number of fused-ring (bicyclic) bond motifs is 2. The van der Waals surface area contributed by atoms with Crippen molar-refractivity contribution in [1.29, 1.82) is 0 Å². The standard InChI is InChI=1S/C25H34N8O/c1-34-21-14-18(33-13-12-32-11-5-8-19(32)15-33)9-10-20(21)29-25-30-23-22(26-16-27-23)24(31-25)28-17-6-3-2-4-7-17/h9-10,14,16-17,19H,2-8,11-13,15H2,1H3,(H3,26,27,28,29,30,31). The van der Waals surface area contributed by atoms with E-state index in [1.165, 1.54) is 57.2 Å². The van der Waals surface area contributed by atoms with Crippen molar-refractivity contribution < 1.29 is 4.74 Å². The Morgan fingerprint density at radius 2 is 1.94 bits per heavy atom. The number of benzene rings is 1. The van der Waals surface area contributed by atoms with Gasteiger partial charge >= 0.3 is 0 Å². The van der Waals surface area contributed by atoms with Gasteiger partial charge in [0, 0.05) is 43.5 Å². The smallest absolute Gasteiger partial charge is 0.231 e. The molecule has 1 unspecified atom stereocenters. The van der Waals surface area contributed by atoms with E-state index >= 15 is 0 Å². The van der Waals surface area contributed by atoms with E-state index in [9.17, 15) is 0 Å². The molecule has 0 amide bonds. The summed E-state index contributed by atoms with van der Waals surface area (Å²) in [5, 5.41) is 7.01. The van der Waals surface area contributed by atoms with Crippen LogP contribution in [0.3, 0.4) is 0 Å². The van der Waals surface area contributed by atoms with Gasteiger partial charge in [0.25, 0.3) is 0 Å². The van der Waals surface area contributed by atoms with Crippen LogP contribution in [0.4, 0.5) is 23.1 Å². The van der Waals surface area contributed by atoms with Crippen LogP contribution in [0.25, 0.3) is 11.2 Å². The molecule has 3 aliphatic rings. The van der Waals surface area contributed by atoms with Gasteiger partial charge in [-0.1, -0.05) is 19.3 Å². The third kappa shape index (κ3) is 4.24. The van der Waals surface area contributed by atoms with Gasteiger partial charge in [-0.3, -0.25) is 4.90 Å². The predicted octanol–water partition coefficient (Wildman–Crippen LogP) is 4.13. The maximum Gasteiger partial charge on any atom is 0.231 e. The van der Waals surface area contributed by atoms with E-state index in [1.54, 1.807) is 13.4 Å². The van der Waals surface area contributed by atoms with Crippen LogP contribution in [-0.2, 0) is 0 Å². The molecule has 1 atom stereocenters. The van der Waals surface area contributed by atoms with E-state index in [4.69, 9.17) is 9.72 Å². The molecule has 0 spiro atoms. The highest BCUT2D eigenvalue weighted by molar-refractivity contribution is 5.84. The number of H-pyrrole nitrogens is 1. The van der Waals surface area contributed by atoms with Crippen molar-refractivity contribution in [3.05, 3.63) is 24.5 Å². The van der Waals surface area contributed by atoms with Crippen molar-refractivity contribution in [1.82, 2.24) is 24.8 Å². The molecule has 2 aliphatic heterocycles. The molecule has 0 bridgehead atoms. The summed E-state index contributed by atoms with van der Waals surface area (Å²) in [6.45, 7) is 4.54. The van der Waals surface area contributed by atoms with Gasteiger partial charge in [0.05, 0.1) is 19.1 Å². The minimum absolute atomic E-state index is 0.436. The molecular weight excluding hydrogens is 428 g/mol. The lowest BCUT2D eigenvalue weighted by Crippen LogP contribution is -2.50. The number of hydrogen-bond donors (Lipinski definition) is 3. The van der Waals surface area contributed by atoms with E-state index in [1.807, 2.05) is 0 Å². The highest BCUT2D eigenvalue weighted by atomic mass is 16.5. The summed E-state index contributed by atoms with van der Waals surface area (Å²) in [4.78, 5) is 22.2. The SMILES string of the molecule is COc1cc(N2CCN3CCCC3C2)ccc1Nc1nc(NC2CCCCC2)c2nc[nH]c2n1. The van der Waals surface area contributed by atoms with E-state index < -0.39 is 0 Å². The largest absolute Gasteiger partial charge is 0.494 e. The summed E-state index contributed by atoms with van der Waals surface area (Å²) in [5.41, 5.74) is 3.57. The molecule has 4 heterocycles. The second-order valence-electron chi connectivity index (χ2n) is 9.76. The molecular formula is C25H34N8O. The van der Waals surface area contributed by atoms with Crippen molar-refractivity contribution in [2.24, 2.45) is 0 Å². The average Bonchev–Trinajstić information content (AvgIpc) is 3.54. The van der Waals surface area contributed by atoms with Gasteiger partial charge in [-0.15, -0.1) is 0 Å². The normalized spacial score (nSPS) is 21.6. The highest BCUT2D eigenvalue weighted by Gasteiger charge is 2.30. The van der Waals surface area contributed by atoms with Crippen molar-refractivity contribution in [3.8, 4) is 5.75 Å². The molecule has 3 fully saturated rings. The first-order valence-corrected chi connectivity index (χ1v) is 12.7. The molecule has 0 radical (unpaired) electrons.